The van der Waals surface area contributed by atoms with E-state index in [1.165, 1.54) is 72.4 Å². The third-order valence-electron chi connectivity index (χ3n) is 10.7. The fraction of sp³-hybridized carbons (Fsp3) is 0.286. The predicted molar refractivity (Wildman–Crippen MR) is 194 cm³/mol. The van der Waals surface area contributed by atoms with Crippen molar-refractivity contribution in [3.8, 4) is 5.69 Å². The zero-order valence-corrected chi connectivity index (χ0v) is 27.6. The second-order valence-corrected chi connectivity index (χ2v) is 13.5. The average Bonchev–Trinajstić information content (AvgIpc) is 3.57. The van der Waals surface area contributed by atoms with Gasteiger partial charge in [-0.3, -0.25) is 5.32 Å². The second kappa shape index (κ2) is 11.4. The van der Waals surface area contributed by atoms with Crippen molar-refractivity contribution in [1.82, 2.24) is 14.5 Å². The molecule has 4 heterocycles. The fourth-order valence-electron chi connectivity index (χ4n) is 8.52. The van der Waals surface area contributed by atoms with E-state index in [1.54, 1.807) is 0 Å². The molecule has 0 saturated heterocycles. The molecule has 2 aliphatic heterocycles. The summed E-state index contributed by atoms with van der Waals surface area (Å²) in [7, 11) is 0. The van der Waals surface area contributed by atoms with Gasteiger partial charge in [-0.2, -0.15) is 0 Å². The highest BCUT2D eigenvalue weighted by Crippen LogP contribution is 2.44. The first-order chi connectivity index (χ1) is 22.4. The molecule has 46 heavy (non-hydrogen) atoms. The predicted octanol–water partition coefficient (Wildman–Crippen LogP) is 9.65. The molecule has 232 valence electrons. The number of para-hydroxylation sites is 2. The van der Waals surface area contributed by atoms with E-state index in [4.69, 9.17) is 0 Å². The average molecular weight is 605 g/mol. The van der Waals surface area contributed by atoms with Crippen LogP contribution in [0.15, 0.2) is 103 Å². The number of benzene rings is 4. The zero-order valence-electron chi connectivity index (χ0n) is 27.6. The van der Waals surface area contributed by atoms with Gasteiger partial charge in [-0.05, 0) is 87.1 Å². The van der Waals surface area contributed by atoms with Gasteiger partial charge >= 0.3 is 0 Å². The van der Waals surface area contributed by atoms with Crippen molar-refractivity contribution in [3.05, 3.63) is 142 Å². The molecular formula is C42H44N4. The third kappa shape index (κ3) is 4.53. The number of hydrogen-bond acceptors (Lipinski definition) is 2. The smallest absolute Gasteiger partial charge is 0.0873 e. The van der Waals surface area contributed by atoms with Crippen LogP contribution >= 0.6 is 0 Å². The molecule has 4 atom stereocenters. The van der Waals surface area contributed by atoms with Gasteiger partial charge in [0.25, 0.3) is 0 Å². The lowest BCUT2D eigenvalue weighted by Gasteiger charge is -2.35. The Kier molecular flexibility index (Phi) is 7.14. The maximum absolute atomic E-state index is 4.14. The molecule has 6 aromatic rings. The Labute approximate surface area is 272 Å². The van der Waals surface area contributed by atoms with Gasteiger partial charge in [0.1, 0.15) is 0 Å². The van der Waals surface area contributed by atoms with Crippen molar-refractivity contribution in [2.24, 2.45) is 0 Å². The molecule has 4 unspecified atom stereocenters. The number of nitrogens with one attached hydrogen (secondary N) is 2. The lowest BCUT2D eigenvalue weighted by atomic mass is 9.86. The SMILES string of the molecule is CCc1ccccc1C1C=CC(C)n2c3ccccc3c3ccc4c(c32)CC(CNC1Nc1ccccc1C)c1c(C)cc(C)n1-4. The van der Waals surface area contributed by atoms with Gasteiger partial charge < -0.3 is 14.5 Å². The Morgan fingerprint density at radius 3 is 2.46 bits per heavy atom. The van der Waals surface area contributed by atoms with Crippen LogP contribution in [0.25, 0.3) is 27.5 Å². The second-order valence-electron chi connectivity index (χ2n) is 13.5. The minimum absolute atomic E-state index is 0.000409. The van der Waals surface area contributed by atoms with Crippen molar-refractivity contribution in [1.29, 1.82) is 0 Å². The van der Waals surface area contributed by atoms with Crippen LogP contribution in [0.3, 0.4) is 0 Å². The van der Waals surface area contributed by atoms with E-state index in [2.05, 4.69) is 158 Å². The van der Waals surface area contributed by atoms with Gasteiger partial charge in [0.05, 0.1) is 17.4 Å². The highest BCUT2D eigenvalue weighted by Gasteiger charge is 2.33. The fourth-order valence-corrected chi connectivity index (χ4v) is 8.52. The zero-order chi connectivity index (χ0) is 31.5. The highest BCUT2D eigenvalue weighted by atomic mass is 15.1. The summed E-state index contributed by atoms with van der Waals surface area (Å²) >= 11 is 0. The molecular weight excluding hydrogens is 560 g/mol. The van der Waals surface area contributed by atoms with Gasteiger partial charge in [0.2, 0.25) is 0 Å². The summed E-state index contributed by atoms with van der Waals surface area (Å²) in [5.41, 5.74) is 14.8. The molecule has 0 amide bonds. The van der Waals surface area contributed by atoms with E-state index in [1.807, 2.05) is 0 Å². The van der Waals surface area contributed by atoms with Crippen LogP contribution in [0.2, 0.25) is 0 Å². The summed E-state index contributed by atoms with van der Waals surface area (Å²) in [4.78, 5) is 0. The van der Waals surface area contributed by atoms with E-state index in [0.29, 0.717) is 5.92 Å². The quantitative estimate of drug-likeness (QED) is 0.197. The maximum Gasteiger partial charge on any atom is 0.0873 e. The van der Waals surface area contributed by atoms with Crippen LogP contribution < -0.4 is 10.6 Å². The summed E-state index contributed by atoms with van der Waals surface area (Å²) in [6.07, 6.45) is 6.94. The van der Waals surface area contributed by atoms with Crippen molar-refractivity contribution in [2.75, 3.05) is 11.9 Å². The van der Waals surface area contributed by atoms with Gasteiger partial charge in [0.15, 0.2) is 0 Å². The summed E-state index contributed by atoms with van der Waals surface area (Å²) in [6.45, 7) is 12.3. The standard InChI is InChI=1S/C42H44N4/c1-6-30-14-8-9-15-32(30)35-20-19-28(4)45-38-18-12-10-16-33(38)34-21-22-39-36(41(34)45)24-31(40-27(3)23-29(5)46(39)40)25-43-42(35)44-37-17-11-7-13-26(37)2/h7-23,28,31,35,42-44H,6,24-25H2,1-5H3. The van der Waals surface area contributed by atoms with Crippen LogP contribution in [-0.2, 0) is 12.8 Å². The molecule has 0 saturated carbocycles. The van der Waals surface area contributed by atoms with Crippen molar-refractivity contribution < 1.29 is 0 Å². The van der Waals surface area contributed by atoms with Crippen molar-refractivity contribution >= 4 is 27.5 Å². The Bertz CT molecular complexity index is 2130. The van der Waals surface area contributed by atoms with Gasteiger partial charge in [-0.15, -0.1) is 0 Å². The number of fused-ring (bicyclic) bond motifs is 7. The van der Waals surface area contributed by atoms with Crippen LogP contribution in [0, 0.1) is 20.8 Å². The molecule has 0 spiro atoms. The van der Waals surface area contributed by atoms with Crippen LogP contribution in [-0.4, -0.2) is 21.8 Å². The van der Waals surface area contributed by atoms with E-state index in [-0.39, 0.29) is 18.1 Å². The summed E-state index contributed by atoms with van der Waals surface area (Å²) < 4.78 is 5.18. The first-order valence-electron chi connectivity index (χ1n) is 17.0. The van der Waals surface area contributed by atoms with E-state index < -0.39 is 0 Å². The van der Waals surface area contributed by atoms with Crippen molar-refractivity contribution in [2.45, 2.75) is 71.5 Å². The molecule has 0 radical (unpaired) electrons. The minimum Gasteiger partial charge on any atom is -0.369 e. The van der Waals surface area contributed by atoms with Gasteiger partial charge in [-0.25, -0.2) is 0 Å². The van der Waals surface area contributed by atoms with Crippen LogP contribution in [0.5, 0.6) is 0 Å². The normalized spacial score (nSPS) is 20.9. The molecule has 2 aromatic heterocycles. The number of hydrogen-bond donors (Lipinski definition) is 2. The summed E-state index contributed by atoms with van der Waals surface area (Å²) in [6, 6.07) is 34.0. The van der Waals surface area contributed by atoms with Crippen LogP contribution in [0.4, 0.5) is 5.69 Å². The first kappa shape index (κ1) is 28.9. The first-order valence-corrected chi connectivity index (χ1v) is 17.0. The highest BCUT2D eigenvalue weighted by molar-refractivity contribution is 6.10. The van der Waals surface area contributed by atoms with E-state index in [9.17, 15) is 0 Å². The Hall–Kier alpha value is -4.54. The lowest BCUT2D eigenvalue weighted by molar-refractivity contribution is 0.466. The molecule has 2 bridgehead atoms. The molecule has 4 nitrogen and oxygen atoms in total. The molecule has 8 rings (SSSR count). The number of nitrogens with zero attached hydrogens (tertiary/aromatic N) is 2. The molecule has 2 N–H and O–H groups in total. The lowest BCUT2D eigenvalue weighted by Crippen LogP contribution is -2.44. The van der Waals surface area contributed by atoms with E-state index in [0.717, 1.165) is 19.4 Å². The number of aryl methyl sites for hydroxylation is 4. The van der Waals surface area contributed by atoms with Gasteiger partial charge in [-0.1, -0.05) is 85.8 Å². The monoisotopic (exact) mass is 604 g/mol. The molecule has 2 aliphatic rings. The number of aromatic nitrogens is 2. The minimum atomic E-state index is -0.000409. The molecule has 4 aromatic carbocycles. The number of allylic oxidation sites excluding steroid dienone is 1. The van der Waals surface area contributed by atoms with Gasteiger partial charge in [0, 0.05) is 63.4 Å². The Morgan fingerprint density at radius 2 is 1.61 bits per heavy atom. The number of rotatable bonds is 4. The molecule has 0 aliphatic carbocycles. The van der Waals surface area contributed by atoms with Crippen LogP contribution in [0.1, 0.15) is 70.9 Å². The third-order valence-corrected chi connectivity index (χ3v) is 10.7. The Morgan fingerprint density at radius 1 is 0.826 bits per heavy atom. The number of anilines is 1. The van der Waals surface area contributed by atoms with Crippen molar-refractivity contribution in [3.63, 3.8) is 0 Å². The molecule has 4 heteroatoms. The van der Waals surface area contributed by atoms with E-state index >= 15 is 0 Å². The largest absolute Gasteiger partial charge is 0.369 e. The topological polar surface area (TPSA) is 33.9 Å². The Balaban J connectivity index is 1.39. The molecule has 0 fully saturated rings. The summed E-state index contributed by atoms with van der Waals surface area (Å²) in [5, 5.41) is 10.8. The summed E-state index contributed by atoms with van der Waals surface area (Å²) in [5.74, 6) is 0.458. The maximum atomic E-state index is 4.14.